The number of hydrogen-bond donors (Lipinski definition) is 0. The molecule has 0 fully saturated rings. The first kappa shape index (κ1) is 30.0. The predicted octanol–water partition coefficient (Wildman–Crippen LogP) is 11.5. The summed E-state index contributed by atoms with van der Waals surface area (Å²) in [4.78, 5) is 0. The lowest BCUT2D eigenvalue weighted by atomic mass is 9.90. The minimum Gasteiger partial charge on any atom is -0.0654 e. The molecular formula is C30H62. The van der Waals surface area contributed by atoms with Crippen molar-refractivity contribution in [3.63, 3.8) is 0 Å². The summed E-state index contributed by atoms with van der Waals surface area (Å²) in [6.45, 7) is 12.1. The van der Waals surface area contributed by atoms with E-state index in [1.54, 1.807) is 0 Å². The molecule has 0 aromatic heterocycles. The average molecular weight is 423 g/mol. The molecule has 0 saturated carbocycles. The Bertz CT molecular complexity index is 307. The Hall–Kier alpha value is 0. The van der Waals surface area contributed by atoms with Crippen LogP contribution in [0.4, 0.5) is 0 Å². The summed E-state index contributed by atoms with van der Waals surface area (Å²) in [7, 11) is 0. The van der Waals surface area contributed by atoms with Crippen molar-refractivity contribution < 1.29 is 0 Å². The van der Waals surface area contributed by atoms with Crippen LogP contribution in [0.3, 0.4) is 0 Å². The molecule has 3 unspecified atom stereocenters. The molecule has 0 amide bonds. The van der Waals surface area contributed by atoms with Crippen molar-refractivity contribution >= 4 is 0 Å². The van der Waals surface area contributed by atoms with Gasteiger partial charge in [-0.3, -0.25) is 0 Å². The number of hydrogen-bond acceptors (Lipinski definition) is 0. The summed E-state index contributed by atoms with van der Waals surface area (Å²) < 4.78 is 0. The minimum atomic E-state index is 0.946. The molecule has 3 atom stereocenters. The second-order valence-electron chi connectivity index (χ2n) is 11.0. The molecule has 0 aromatic carbocycles. The van der Waals surface area contributed by atoms with Gasteiger partial charge >= 0.3 is 0 Å². The Kier molecular flexibility index (Phi) is 23.7. The molecule has 30 heavy (non-hydrogen) atoms. The highest BCUT2D eigenvalue weighted by Crippen LogP contribution is 2.23. The summed E-state index contributed by atoms with van der Waals surface area (Å²) >= 11 is 0. The van der Waals surface area contributed by atoms with E-state index in [4.69, 9.17) is 0 Å². The third kappa shape index (κ3) is 22.7. The molecule has 0 aromatic rings. The van der Waals surface area contributed by atoms with E-state index in [0.717, 1.165) is 17.8 Å². The molecule has 0 spiro atoms. The molecule has 0 N–H and O–H groups in total. The van der Waals surface area contributed by atoms with Crippen molar-refractivity contribution in [2.24, 2.45) is 17.8 Å². The fraction of sp³-hybridized carbons (Fsp3) is 1.00. The molecule has 0 aliphatic carbocycles. The second-order valence-corrected chi connectivity index (χ2v) is 11.0. The van der Waals surface area contributed by atoms with Gasteiger partial charge in [-0.25, -0.2) is 0 Å². The monoisotopic (exact) mass is 422 g/mol. The molecule has 0 bridgehead atoms. The van der Waals surface area contributed by atoms with Gasteiger partial charge in [-0.1, -0.05) is 176 Å². The van der Waals surface area contributed by atoms with Crippen LogP contribution in [0.15, 0.2) is 0 Å². The van der Waals surface area contributed by atoms with Gasteiger partial charge in [0, 0.05) is 0 Å². The van der Waals surface area contributed by atoms with E-state index < -0.39 is 0 Å². The quantitative estimate of drug-likeness (QED) is 0.136. The normalized spacial score (nSPS) is 14.7. The van der Waals surface area contributed by atoms with Crippen molar-refractivity contribution in [1.82, 2.24) is 0 Å². The molecule has 0 heterocycles. The minimum absolute atomic E-state index is 0.946. The van der Waals surface area contributed by atoms with Gasteiger partial charge in [-0.05, 0) is 17.8 Å². The maximum atomic E-state index is 2.50. The summed E-state index contributed by atoms with van der Waals surface area (Å²) in [5.74, 6) is 2.85. The van der Waals surface area contributed by atoms with Gasteiger partial charge in [0.2, 0.25) is 0 Å². The Morgan fingerprint density at radius 1 is 0.300 bits per heavy atom. The zero-order valence-electron chi connectivity index (χ0n) is 22.3. The van der Waals surface area contributed by atoms with Crippen LogP contribution in [-0.4, -0.2) is 0 Å². The lowest BCUT2D eigenvalue weighted by Gasteiger charge is -2.16. The summed E-state index contributed by atoms with van der Waals surface area (Å²) in [6.07, 6.45) is 32.1. The van der Waals surface area contributed by atoms with Crippen LogP contribution in [0.1, 0.15) is 176 Å². The summed E-state index contributed by atoms with van der Waals surface area (Å²) in [5.41, 5.74) is 0. The topological polar surface area (TPSA) is 0 Å². The molecule has 182 valence electrons. The molecule has 0 nitrogen and oxygen atoms in total. The number of rotatable bonds is 24. The zero-order chi connectivity index (χ0) is 22.3. The Morgan fingerprint density at radius 3 is 0.867 bits per heavy atom. The van der Waals surface area contributed by atoms with Crippen molar-refractivity contribution in [3.8, 4) is 0 Å². The van der Waals surface area contributed by atoms with Gasteiger partial charge in [0.1, 0.15) is 0 Å². The van der Waals surface area contributed by atoms with Crippen LogP contribution >= 0.6 is 0 Å². The van der Waals surface area contributed by atoms with E-state index in [1.807, 2.05) is 0 Å². The molecule has 0 radical (unpaired) electrons. The van der Waals surface area contributed by atoms with E-state index in [9.17, 15) is 0 Å². The predicted molar refractivity (Wildman–Crippen MR) is 140 cm³/mol. The zero-order valence-corrected chi connectivity index (χ0v) is 22.3. The first-order chi connectivity index (χ1) is 14.6. The summed E-state index contributed by atoms with van der Waals surface area (Å²) in [6, 6.07) is 0. The van der Waals surface area contributed by atoms with E-state index >= 15 is 0 Å². The molecule has 0 aliphatic rings. The highest BCUT2D eigenvalue weighted by Gasteiger charge is 2.08. The Morgan fingerprint density at radius 2 is 0.533 bits per heavy atom. The lowest BCUT2D eigenvalue weighted by molar-refractivity contribution is 0.374. The van der Waals surface area contributed by atoms with Crippen LogP contribution in [0.25, 0.3) is 0 Å². The molecular weight excluding hydrogens is 360 g/mol. The third-order valence-corrected chi connectivity index (χ3v) is 7.39. The van der Waals surface area contributed by atoms with Gasteiger partial charge < -0.3 is 0 Å². The van der Waals surface area contributed by atoms with Gasteiger partial charge in [-0.15, -0.1) is 0 Å². The molecule has 0 heteroatoms. The van der Waals surface area contributed by atoms with Crippen molar-refractivity contribution in [3.05, 3.63) is 0 Å². The number of unbranched alkanes of at least 4 members (excludes halogenated alkanes) is 12. The summed E-state index contributed by atoms with van der Waals surface area (Å²) in [5, 5.41) is 0. The maximum absolute atomic E-state index is 2.50. The lowest BCUT2D eigenvalue weighted by Crippen LogP contribution is -2.01. The second kappa shape index (κ2) is 23.7. The highest BCUT2D eigenvalue weighted by molar-refractivity contribution is 4.61. The fourth-order valence-electron chi connectivity index (χ4n) is 4.96. The van der Waals surface area contributed by atoms with Crippen molar-refractivity contribution in [1.29, 1.82) is 0 Å². The Labute approximate surface area is 193 Å². The highest BCUT2D eigenvalue weighted by atomic mass is 14.1. The molecule has 0 rings (SSSR count). The van der Waals surface area contributed by atoms with E-state index in [-0.39, 0.29) is 0 Å². The smallest absolute Gasteiger partial charge is 0.0443 e. The van der Waals surface area contributed by atoms with Crippen LogP contribution in [-0.2, 0) is 0 Å². The first-order valence-corrected chi connectivity index (χ1v) is 14.6. The van der Waals surface area contributed by atoms with Crippen molar-refractivity contribution in [2.75, 3.05) is 0 Å². The third-order valence-electron chi connectivity index (χ3n) is 7.39. The maximum Gasteiger partial charge on any atom is -0.0443 e. The average Bonchev–Trinajstić information content (AvgIpc) is 2.72. The largest absolute Gasteiger partial charge is 0.0654 e. The van der Waals surface area contributed by atoms with Gasteiger partial charge in [0.05, 0.1) is 0 Å². The van der Waals surface area contributed by atoms with Crippen molar-refractivity contribution in [2.45, 2.75) is 176 Å². The van der Waals surface area contributed by atoms with E-state index in [2.05, 4.69) is 34.6 Å². The van der Waals surface area contributed by atoms with E-state index in [0.29, 0.717) is 0 Å². The van der Waals surface area contributed by atoms with Gasteiger partial charge in [0.15, 0.2) is 0 Å². The SMILES string of the molecule is CCCCCCCCCCCCC(C)CCCC(C)CCCC(C)CCCCCC. The van der Waals surface area contributed by atoms with Crippen LogP contribution < -0.4 is 0 Å². The van der Waals surface area contributed by atoms with Gasteiger partial charge in [0.25, 0.3) is 0 Å². The molecule has 0 saturated heterocycles. The standard InChI is InChI=1S/C30H62/c1-6-8-10-12-13-14-15-16-17-19-23-29(4)25-21-27-30(5)26-20-24-28(3)22-18-11-9-7-2/h28-30H,6-27H2,1-5H3. The first-order valence-electron chi connectivity index (χ1n) is 14.6. The van der Waals surface area contributed by atoms with Crippen LogP contribution in [0.2, 0.25) is 0 Å². The van der Waals surface area contributed by atoms with E-state index in [1.165, 1.54) is 141 Å². The fourth-order valence-corrected chi connectivity index (χ4v) is 4.96. The van der Waals surface area contributed by atoms with Crippen LogP contribution in [0, 0.1) is 17.8 Å². The van der Waals surface area contributed by atoms with Crippen LogP contribution in [0.5, 0.6) is 0 Å². The van der Waals surface area contributed by atoms with Gasteiger partial charge in [-0.2, -0.15) is 0 Å². The Balaban J connectivity index is 3.39. The molecule has 0 aliphatic heterocycles.